The van der Waals surface area contributed by atoms with Crippen molar-refractivity contribution in [3.8, 4) is 11.1 Å². The molecule has 0 amide bonds. The van der Waals surface area contributed by atoms with Gasteiger partial charge in [-0.05, 0) is 24.3 Å². The van der Waals surface area contributed by atoms with Gasteiger partial charge < -0.3 is 0 Å². The minimum absolute atomic E-state index is 0.510. The van der Waals surface area contributed by atoms with Gasteiger partial charge in [-0.2, -0.15) is 4.39 Å². The van der Waals surface area contributed by atoms with E-state index in [4.69, 9.17) is 23.2 Å². The maximum atomic E-state index is 12.6. The maximum Gasteiger partial charge on any atom is 0.212 e. The molecule has 15 heavy (non-hydrogen) atoms. The van der Waals surface area contributed by atoms with Crippen LogP contribution in [0.5, 0.6) is 0 Å². The first-order valence-corrected chi connectivity index (χ1v) is 4.99. The highest BCUT2D eigenvalue weighted by Gasteiger charge is 2.04. The van der Waals surface area contributed by atoms with E-state index in [0.717, 1.165) is 11.1 Å². The molecule has 0 aliphatic carbocycles. The van der Waals surface area contributed by atoms with Crippen molar-refractivity contribution < 1.29 is 4.39 Å². The zero-order valence-corrected chi connectivity index (χ0v) is 9.06. The minimum atomic E-state index is -0.510. The summed E-state index contributed by atoms with van der Waals surface area (Å²) in [5.74, 6) is -0.510. The van der Waals surface area contributed by atoms with E-state index in [1.807, 2.05) is 0 Å². The zero-order chi connectivity index (χ0) is 10.8. The van der Waals surface area contributed by atoms with Gasteiger partial charge in [-0.1, -0.05) is 29.3 Å². The molecule has 0 bridgehead atoms. The highest BCUT2D eigenvalue weighted by atomic mass is 35.5. The Labute approximate surface area is 96.5 Å². The summed E-state index contributed by atoms with van der Waals surface area (Å²) in [4.78, 5) is 3.56. The van der Waals surface area contributed by atoms with Gasteiger partial charge in [0.1, 0.15) is 0 Å². The summed E-state index contributed by atoms with van der Waals surface area (Å²) in [5.41, 5.74) is 1.55. The predicted octanol–water partition coefficient (Wildman–Crippen LogP) is 4.19. The van der Waals surface area contributed by atoms with E-state index in [9.17, 15) is 4.39 Å². The normalized spacial score (nSPS) is 10.3. The van der Waals surface area contributed by atoms with Crippen LogP contribution in [0.25, 0.3) is 11.1 Å². The smallest absolute Gasteiger partial charge is 0.212 e. The topological polar surface area (TPSA) is 12.9 Å². The molecule has 4 heteroatoms. The van der Waals surface area contributed by atoms with Gasteiger partial charge in [0.25, 0.3) is 0 Å². The van der Waals surface area contributed by atoms with Crippen LogP contribution in [-0.4, -0.2) is 4.98 Å². The van der Waals surface area contributed by atoms with Crippen molar-refractivity contribution >= 4 is 23.2 Å². The average molecular weight is 242 g/mol. The summed E-state index contributed by atoms with van der Waals surface area (Å²) >= 11 is 11.8. The fourth-order valence-electron chi connectivity index (χ4n) is 1.26. The molecule has 76 valence electrons. The fourth-order valence-corrected chi connectivity index (χ4v) is 1.78. The number of pyridine rings is 1. The monoisotopic (exact) mass is 241 g/mol. The Bertz CT molecular complexity index is 482. The Morgan fingerprint density at radius 2 is 1.87 bits per heavy atom. The molecule has 0 saturated carbocycles. The second-order valence-electron chi connectivity index (χ2n) is 2.99. The Kier molecular flexibility index (Phi) is 2.89. The molecule has 2 rings (SSSR count). The van der Waals surface area contributed by atoms with Crippen molar-refractivity contribution in [2.45, 2.75) is 0 Å². The van der Waals surface area contributed by atoms with Crippen LogP contribution in [0.2, 0.25) is 10.0 Å². The van der Waals surface area contributed by atoms with Crippen molar-refractivity contribution in [1.82, 2.24) is 4.98 Å². The first-order chi connectivity index (χ1) is 7.16. The van der Waals surface area contributed by atoms with Crippen molar-refractivity contribution in [1.29, 1.82) is 0 Å². The Balaban J connectivity index is 2.49. The average Bonchev–Trinajstić information content (AvgIpc) is 2.20. The van der Waals surface area contributed by atoms with Gasteiger partial charge in [-0.3, -0.25) is 0 Å². The zero-order valence-electron chi connectivity index (χ0n) is 7.55. The molecule has 0 N–H and O–H groups in total. The molecule has 0 unspecified atom stereocenters. The third-order valence-electron chi connectivity index (χ3n) is 1.97. The number of hydrogen-bond donors (Lipinski definition) is 0. The molecule has 0 saturated heterocycles. The molecule has 0 radical (unpaired) electrons. The maximum absolute atomic E-state index is 12.6. The fraction of sp³-hybridized carbons (Fsp3) is 0. The lowest BCUT2D eigenvalue weighted by Crippen LogP contribution is -1.84. The van der Waals surface area contributed by atoms with Crippen molar-refractivity contribution in [2.24, 2.45) is 0 Å². The molecule has 1 aromatic carbocycles. The van der Waals surface area contributed by atoms with E-state index in [1.165, 1.54) is 12.3 Å². The second kappa shape index (κ2) is 4.17. The summed E-state index contributed by atoms with van der Waals surface area (Å²) in [6.07, 6.45) is 1.43. The molecule has 0 aliphatic heterocycles. The molecular weight excluding hydrogens is 236 g/mol. The highest BCUT2D eigenvalue weighted by molar-refractivity contribution is 6.36. The summed E-state index contributed by atoms with van der Waals surface area (Å²) in [6, 6.07) is 8.06. The number of nitrogens with zero attached hydrogens (tertiary/aromatic N) is 1. The quantitative estimate of drug-likeness (QED) is 0.683. The Morgan fingerprint density at radius 3 is 2.47 bits per heavy atom. The van der Waals surface area contributed by atoms with Gasteiger partial charge in [0.15, 0.2) is 0 Å². The summed E-state index contributed by atoms with van der Waals surface area (Å²) in [6.45, 7) is 0. The van der Waals surface area contributed by atoms with Crippen LogP contribution >= 0.6 is 23.2 Å². The largest absolute Gasteiger partial charge is 0.228 e. The molecule has 1 heterocycles. The Morgan fingerprint density at radius 1 is 1.07 bits per heavy atom. The lowest BCUT2D eigenvalue weighted by atomic mass is 10.1. The minimum Gasteiger partial charge on any atom is -0.228 e. The summed E-state index contributed by atoms with van der Waals surface area (Å²) in [7, 11) is 0. The molecular formula is C11H6Cl2FN. The van der Waals surface area contributed by atoms with E-state index >= 15 is 0 Å². The van der Waals surface area contributed by atoms with Gasteiger partial charge in [0.2, 0.25) is 5.95 Å². The molecule has 2 aromatic rings. The molecule has 1 nitrogen and oxygen atoms in total. The van der Waals surface area contributed by atoms with Crippen LogP contribution < -0.4 is 0 Å². The van der Waals surface area contributed by atoms with E-state index in [1.54, 1.807) is 24.3 Å². The van der Waals surface area contributed by atoms with Gasteiger partial charge in [0.05, 0.1) is 0 Å². The first kappa shape index (κ1) is 10.4. The van der Waals surface area contributed by atoms with Crippen LogP contribution in [0.15, 0.2) is 36.5 Å². The summed E-state index contributed by atoms with van der Waals surface area (Å²) in [5, 5.41) is 1.09. The van der Waals surface area contributed by atoms with E-state index in [2.05, 4.69) is 4.98 Å². The lowest BCUT2D eigenvalue weighted by molar-refractivity contribution is 0.584. The van der Waals surface area contributed by atoms with Gasteiger partial charge in [0, 0.05) is 27.4 Å². The van der Waals surface area contributed by atoms with Crippen LogP contribution in [0, 0.1) is 5.95 Å². The SMILES string of the molecule is Fc1ccc(-c2ccc(Cl)cc2Cl)cn1. The van der Waals surface area contributed by atoms with Crippen LogP contribution in [0.3, 0.4) is 0 Å². The number of hydrogen-bond acceptors (Lipinski definition) is 1. The molecule has 0 fully saturated rings. The van der Waals surface area contributed by atoms with Gasteiger partial charge in [-0.25, -0.2) is 4.98 Å². The highest BCUT2D eigenvalue weighted by Crippen LogP contribution is 2.29. The number of benzene rings is 1. The van der Waals surface area contributed by atoms with Crippen LogP contribution in [0.1, 0.15) is 0 Å². The first-order valence-electron chi connectivity index (χ1n) is 4.24. The predicted molar refractivity (Wildman–Crippen MR) is 59.7 cm³/mol. The second-order valence-corrected chi connectivity index (χ2v) is 3.84. The lowest BCUT2D eigenvalue weighted by Gasteiger charge is -2.03. The third kappa shape index (κ3) is 2.28. The molecule has 0 aliphatic rings. The van der Waals surface area contributed by atoms with Crippen molar-refractivity contribution in [3.63, 3.8) is 0 Å². The van der Waals surface area contributed by atoms with Crippen molar-refractivity contribution in [2.75, 3.05) is 0 Å². The van der Waals surface area contributed by atoms with Crippen LogP contribution in [-0.2, 0) is 0 Å². The molecule has 1 aromatic heterocycles. The van der Waals surface area contributed by atoms with E-state index in [0.29, 0.717) is 10.0 Å². The van der Waals surface area contributed by atoms with Gasteiger partial charge in [-0.15, -0.1) is 0 Å². The number of halogens is 3. The van der Waals surface area contributed by atoms with E-state index in [-0.39, 0.29) is 0 Å². The molecule has 0 atom stereocenters. The van der Waals surface area contributed by atoms with Gasteiger partial charge >= 0.3 is 0 Å². The van der Waals surface area contributed by atoms with Crippen molar-refractivity contribution in [3.05, 3.63) is 52.5 Å². The number of aromatic nitrogens is 1. The summed E-state index contributed by atoms with van der Waals surface area (Å²) < 4.78 is 12.6. The third-order valence-corrected chi connectivity index (χ3v) is 2.52. The number of rotatable bonds is 1. The Hall–Kier alpha value is -1.12. The van der Waals surface area contributed by atoms with E-state index < -0.39 is 5.95 Å². The standard InChI is InChI=1S/C11H6Cl2FN/c12-8-2-3-9(10(13)5-8)7-1-4-11(14)15-6-7/h1-6H. The molecule has 0 spiro atoms. The van der Waals surface area contributed by atoms with Crippen LogP contribution in [0.4, 0.5) is 4.39 Å².